The average Bonchev–Trinajstić information content (AvgIpc) is 2.53. The van der Waals surface area contributed by atoms with Crippen LogP contribution in [0.2, 0.25) is 0 Å². The third kappa shape index (κ3) is 5.95. The number of benzene rings is 2. The molecule has 0 bridgehead atoms. The number of hydrogen-bond acceptors (Lipinski definition) is 4. The highest BCUT2D eigenvalue weighted by atomic mass is 79.9. The zero-order valence-electron chi connectivity index (χ0n) is 12.7. The summed E-state index contributed by atoms with van der Waals surface area (Å²) in [5, 5.41) is 7.78. The first-order chi connectivity index (χ1) is 11.3. The van der Waals surface area contributed by atoms with Crippen LogP contribution in [0.15, 0.2) is 57.9 Å². The molecule has 0 atom stereocenters. The fourth-order valence-corrected chi connectivity index (χ4v) is 2.84. The van der Waals surface area contributed by atoms with E-state index in [1.54, 1.807) is 24.3 Å². The highest BCUT2D eigenvalue weighted by Crippen LogP contribution is 2.17. The van der Waals surface area contributed by atoms with Crippen molar-refractivity contribution in [3.8, 4) is 5.75 Å². The summed E-state index contributed by atoms with van der Waals surface area (Å²) in [6.07, 6.45) is 0.577. The number of nitrogens with one attached hydrogen (secondary N) is 1. The second-order valence-corrected chi connectivity index (χ2v) is 7.51. The molecule has 6 nitrogen and oxygen atoms in total. The molecule has 0 aromatic heterocycles. The Bertz CT molecular complexity index is 807. The van der Waals surface area contributed by atoms with Gasteiger partial charge in [0.15, 0.2) is 6.61 Å². The van der Waals surface area contributed by atoms with Gasteiger partial charge in [0.25, 0.3) is 5.91 Å². The first kappa shape index (κ1) is 18.4. The van der Waals surface area contributed by atoms with Gasteiger partial charge in [-0.05, 0) is 42.3 Å². The van der Waals surface area contributed by atoms with Gasteiger partial charge in [0, 0.05) is 11.0 Å². The number of sulfonamides is 1. The monoisotopic (exact) mass is 412 g/mol. The molecular weight excluding hydrogens is 396 g/mol. The van der Waals surface area contributed by atoms with Crippen molar-refractivity contribution in [3.05, 3.63) is 58.6 Å². The van der Waals surface area contributed by atoms with E-state index in [0.29, 0.717) is 18.7 Å². The number of ether oxygens (including phenoxy) is 1. The number of carbonyl (C=O) groups is 1. The van der Waals surface area contributed by atoms with E-state index in [1.165, 1.54) is 12.1 Å². The number of carbonyl (C=O) groups excluding carboxylic acids is 1. The van der Waals surface area contributed by atoms with Crippen LogP contribution in [0.3, 0.4) is 0 Å². The molecule has 1 amide bonds. The molecule has 0 saturated carbocycles. The quantitative estimate of drug-likeness (QED) is 0.724. The van der Waals surface area contributed by atoms with Crippen LogP contribution in [-0.4, -0.2) is 27.5 Å². The summed E-state index contributed by atoms with van der Waals surface area (Å²) in [5.74, 6) is 0.384. The lowest BCUT2D eigenvalue weighted by atomic mass is 10.1. The van der Waals surface area contributed by atoms with E-state index < -0.39 is 10.0 Å². The summed E-state index contributed by atoms with van der Waals surface area (Å²) in [5.41, 5.74) is 0.899. The fraction of sp³-hybridized carbons (Fsp3) is 0.188. The lowest BCUT2D eigenvalue weighted by Crippen LogP contribution is -2.30. The lowest BCUT2D eigenvalue weighted by molar-refractivity contribution is -0.123. The molecule has 0 aliphatic carbocycles. The standard InChI is InChI=1S/C16H17BrN2O4S/c17-13-2-1-3-14(10-13)23-11-16(20)19-9-8-12-4-6-15(7-5-12)24(18,21)22/h1-7,10H,8-9,11H2,(H,19,20)(H2,18,21,22). The normalized spacial score (nSPS) is 11.1. The van der Waals surface area contributed by atoms with E-state index in [-0.39, 0.29) is 17.4 Å². The zero-order valence-corrected chi connectivity index (χ0v) is 15.1. The molecule has 0 aliphatic rings. The molecule has 0 heterocycles. The third-order valence-corrected chi connectivity index (χ3v) is 4.58. The molecule has 2 aromatic rings. The van der Waals surface area contributed by atoms with Crippen LogP contribution >= 0.6 is 15.9 Å². The van der Waals surface area contributed by atoms with E-state index in [0.717, 1.165) is 10.0 Å². The number of halogens is 1. The molecule has 0 fully saturated rings. The predicted octanol–water partition coefficient (Wildman–Crippen LogP) is 1.83. The number of nitrogens with two attached hydrogens (primary N) is 1. The smallest absolute Gasteiger partial charge is 0.257 e. The summed E-state index contributed by atoms with van der Waals surface area (Å²) in [7, 11) is -3.68. The van der Waals surface area contributed by atoms with Crippen LogP contribution in [-0.2, 0) is 21.2 Å². The molecule has 0 saturated heterocycles. The summed E-state index contributed by atoms with van der Waals surface area (Å²) < 4.78 is 28.6. The van der Waals surface area contributed by atoms with Crippen molar-refractivity contribution in [3.63, 3.8) is 0 Å². The van der Waals surface area contributed by atoms with Gasteiger partial charge in [0.2, 0.25) is 10.0 Å². The Morgan fingerprint density at radius 3 is 2.50 bits per heavy atom. The van der Waals surface area contributed by atoms with Gasteiger partial charge in [-0.2, -0.15) is 0 Å². The molecule has 0 radical (unpaired) electrons. The van der Waals surface area contributed by atoms with Crippen LogP contribution in [0.4, 0.5) is 0 Å². The highest BCUT2D eigenvalue weighted by molar-refractivity contribution is 9.10. The minimum atomic E-state index is -3.68. The maximum Gasteiger partial charge on any atom is 0.257 e. The van der Waals surface area contributed by atoms with Crippen molar-refractivity contribution < 1.29 is 17.9 Å². The van der Waals surface area contributed by atoms with Gasteiger partial charge in [-0.25, -0.2) is 13.6 Å². The van der Waals surface area contributed by atoms with Gasteiger partial charge in [0.1, 0.15) is 5.75 Å². The van der Waals surface area contributed by atoms with Crippen molar-refractivity contribution >= 4 is 31.9 Å². The Kier molecular flexibility index (Phi) is 6.36. The largest absolute Gasteiger partial charge is 0.484 e. The number of hydrogen-bond donors (Lipinski definition) is 2. The topological polar surface area (TPSA) is 98.5 Å². The maximum atomic E-state index is 11.7. The highest BCUT2D eigenvalue weighted by Gasteiger charge is 2.07. The van der Waals surface area contributed by atoms with Crippen LogP contribution in [0, 0.1) is 0 Å². The summed E-state index contributed by atoms with van der Waals surface area (Å²) >= 11 is 3.33. The minimum Gasteiger partial charge on any atom is -0.484 e. The van der Waals surface area contributed by atoms with Gasteiger partial charge < -0.3 is 10.1 Å². The van der Waals surface area contributed by atoms with E-state index >= 15 is 0 Å². The lowest BCUT2D eigenvalue weighted by Gasteiger charge is -2.08. The molecule has 24 heavy (non-hydrogen) atoms. The van der Waals surface area contributed by atoms with Crippen LogP contribution in [0.5, 0.6) is 5.75 Å². The van der Waals surface area contributed by atoms with Crippen molar-refractivity contribution in [2.75, 3.05) is 13.2 Å². The summed E-state index contributed by atoms with van der Waals surface area (Å²) in [4.78, 5) is 11.8. The van der Waals surface area contributed by atoms with Crippen molar-refractivity contribution in [2.24, 2.45) is 5.14 Å². The Morgan fingerprint density at radius 2 is 1.88 bits per heavy atom. The van der Waals surface area contributed by atoms with E-state index in [9.17, 15) is 13.2 Å². The molecule has 2 aromatic carbocycles. The molecule has 3 N–H and O–H groups in total. The van der Waals surface area contributed by atoms with Gasteiger partial charge >= 0.3 is 0 Å². The van der Waals surface area contributed by atoms with Gasteiger partial charge in [-0.15, -0.1) is 0 Å². The third-order valence-electron chi connectivity index (χ3n) is 3.15. The Hall–Kier alpha value is -1.90. The second-order valence-electron chi connectivity index (χ2n) is 5.03. The molecule has 8 heteroatoms. The summed E-state index contributed by atoms with van der Waals surface area (Å²) in [6.45, 7) is 0.357. The Balaban J connectivity index is 1.74. The number of amides is 1. The molecule has 0 spiro atoms. The maximum absolute atomic E-state index is 11.7. The van der Waals surface area contributed by atoms with Crippen LogP contribution in [0.25, 0.3) is 0 Å². The Labute approximate surface area is 149 Å². The Morgan fingerprint density at radius 1 is 1.17 bits per heavy atom. The molecule has 0 unspecified atom stereocenters. The SMILES string of the molecule is NS(=O)(=O)c1ccc(CCNC(=O)COc2cccc(Br)c2)cc1. The minimum absolute atomic E-state index is 0.0673. The van der Waals surface area contributed by atoms with Crippen molar-refractivity contribution in [1.29, 1.82) is 0 Å². The first-order valence-corrected chi connectivity index (χ1v) is 9.45. The van der Waals surface area contributed by atoms with Gasteiger partial charge in [-0.1, -0.05) is 34.1 Å². The second kappa shape index (κ2) is 8.27. The zero-order chi connectivity index (χ0) is 17.6. The van der Waals surface area contributed by atoms with E-state index in [4.69, 9.17) is 9.88 Å². The first-order valence-electron chi connectivity index (χ1n) is 7.11. The molecule has 128 valence electrons. The van der Waals surface area contributed by atoms with Gasteiger partial charge in [0.05, 0.1) is 4.90 Å². The number of primary sulfonamides is 1. The molecule has 0 aliphatic heterocycles. The van der Waals surface area contributed by atoms with Crippen LogP contribution < -0.4 is 15.2 Å². The van der Waals surface area contributed by atoms with Crippen LogP contribution in [0.1, 0.15) is 5.56 Å². The van der Waals surface area contributed by atoms with Crippen molar-refractivity contribution in [1.82, 2.24) is 5.32 Å². The fourth-order valence-electron chi connectivity index (χ4n) is 1.95. The average molecular weight is 413 g/mol. The van der Waals surface area contributed by atoms with E-state index in [1.807, 2.05) is 12.1 Å². The molecular formula is C16H17BrN2O4S. The number of rotatable bonds is 7. The predicted molar refractivity (Wildman–Crippen MR) is 94.2 cm³/mol. The van der Waals surface area contributed by atoms with E-state index in [2.05, 4.69) is 21.2 Å². The summed E-state index contributed by atoms with van der Waals surface area (Å²) in [6, 6.07) is 13.5. The molecule has 2 rings (SSSR count). The van der Waals surface area contributed by atoms with Crippen molar-refractivity contribution in [2.45, 2.75) is 11.3 Å². The van der Waals surface area contributed by atoms with Gasteiger partial charge in [-0.3, -0.25) is 4.79 Å².